The number of rotatable bonds is 9. The van der Waals surface area contributed by atoms with Crippen LogP contribution < -0.4 is 5.32 Å². The smallest absolute Gasteiger partial charge is 0.328 e. The quantitative estimate of drug-likeness (QED) is 0.615. The molecule has 0 saturated heterocycles. The second kappa shape index (κ2) is 10.6. The highest BCUT2D eigenvalue weighted by atomic mass is 16.5. The van der Waals surface area contributed by atoms with Crippen molar-refractivity contribution in [2.24, 2.45) is 5.41 Å². The summed E-state index contributed by atoms with van der Waals surface area (Å²) in [5.41, 5.74) is 2.76. The van der Waals surface area contributed by atoms with Crippen molar-refractivity contribution < 1.29 is 14.3 Å². The van der Waals surface area contributed by atoms with Crippen LogP contribution in [0.2, 0.25) is 0 Å². The van der Waals surface area contributed by atoms with Gasteiger partial charge in [0.05, 0.1) is 18.7 Å². The van der Waals surface area contributed by atoms with Crippen molar-refractivity contribution in [3.05, 3.63) is 59.7 Å². The Hall–Kier alpha value is -3.13. The van der Waals surface area contributed by atoms with E-state index in [4.69, 9.17) is 4.74 Å². The lowest BCUT2D eigenvalue weighted by Gasteiger charge is -2.33. The zero-order valence-corrected chi connectivity index (χ0v) is 18.2. The fourth-order valence-corrected chi connectivity index (χ4v) is 3.55. The van der Waals surface area contributed by atoms with Gasteiger partial charge in [-0.2, -0.15) is 5.26 Å². The summed E-state index contributed by atoms with van der Waals surface area (Å²) in [7, 11) is 1.33. The van der Waals surface area contributed by atoms with Crippen LogP contribution in [0.5, 0.6) is 0 Å². The monoisotopic (exact) mass is 406 g/mol. The van der Waals surface area contributed by atoms with E-state index >= 15 is 0 Å². The van der Waals surface area contributed by atoms with Crippen molar-refractivity contribution >= 4 is 11.9 Å². The number of hydrogen-bond donors (Lipinski definition) is 1. The van der Waals surface area contributed by atoms with Crippen LogP contribution in [0.4, 0.5) is 0 Å². The van der Waals surface area contributed by atoms with E-state index in [2.05, 4.69) is 11.4 Å². The highest BCUT2D eigenvalue weighted by molar-refractivity contribution is 5.85. The van der Waals surface area contributed by atoms with Gasteiger partial charge in [-0.3, -0.25) is 4.79 Å². The van der Waals surface area contributed by atoms with Crippen LogP contribution >= 0.6 is 0 Å². The summed E-state index contributed by atoms with van der Waals surface area (Å²) in [4.78, 5) is 24.7. The third-order valence-corrected chi connectivity index (χ3v) is 5.23. The molecule has 0 saturated carbocycles. The van der Waals surface area contributed by atoms with Gasteiger partial charge >= 0.3 is 5.97 Å². The highest BCUT2D eigenvalue weighted by Crippen LogP contribution is 2.30. The van der Waals surface area contributed by atoms with Crippen molar-refractivity contribution in [2.75, 3.05) is 7.11 Å². The van der Waals surface area contributed by atoms with Crippen molar-refractivity contribution in [1.82, 2.24) is 5.32 Å². The zero-order chi connectivity index (χ0) is 22.1. The molecular weight excluding hydrogens is 376 g/mol. The number of methoxy groups -OCH3 is 1. The van der Waals surface area contributed by atoms with Crippen molar-refractivity contribution in [1.29, 1.82) is 5.26 Å². The number of nitrogens with one attached hydrogen (secondary N) is 1. The minimum atomic E-state index is -0.772. The van der Waals surface area contributed by atoms with E-state index in [0.29, 0.717) is 18.4 Å². The summed E-state index contributed by atoms with van der Waals surface area (Å²) >= 11 is 0. The molecule has 0 bridgehead atoms. The summed E-state index contributed by atoms with van der Waals surface area (Å²) in [6.45, 7) is 5.86. The number of ether oxygens (including phenoxy) is 1. The van der Waals surface area contributed by atoms with E-state index in [-0.39, 0.29) is 5.91 Å². The molecule has 0 aliphatic carbocycles. The SMILES string of the molecule is CCCCC(=O)N[C@H](C(=O)OC)C(C)(C)Cc1ccc(-c2ccccc2)c(C#N)c1. The van der Waals surface area contributed by atoms with Crippen LogP contribution in [0.25, 0.3) is 11.1 Å². The first-order valence-electron chi connectivity index (χ1n) is 10.3. The molecule has 2 aromatic rings. The number of nitriles is 1. The van der Waals surface area contributed by atoms with E-state index in [9.17, 15) is 14.9 Å². The highest BCUT2D eigenvalue weighted by Gasteiger charge is 2.37. The molecule has 0 aliphatic rings. The van der Waals surface area contributed by atoms with Crippen LogP contribution in [-0.4, -0.2) is 25.0 Å². The fourth-order valence-electron chi connectivity index (χ4n) is 3.55. The van der Waals surface area contributed by atoms with Gasteiger partial charge in [0.25, 0.3) is 0 Å². The summed E-state index contributed by atoms with van der Waals surface area (Å²) in [5, 5.41) is 12.5. The van der Waals surface area contributed by atoms with Crippen LogP contribution in [0, 0.1) is 16.7 Å². The van der Waals surface area contributed by atoms with E-state index in [1.54, 1.807) is 0 Å². The van der Waals surface area contributed by atoms with Gasteiger partial charge in [0.1, 0.15) is 6.04 Å². The third kappa shape index (κ3) is 5.93. The lowest BCUT2D eigenvalue weighted by atomic mass is 9.78. The van der Waals surface area contributed by atoms with Gasteiger partial charge in [-0.25, -0.2) is 4.79 Å². The van der Waals surface area contributed by atoms with Crippen LogP contribution in [0.1, 0.15) is 51.2 Å². The molecule has 1 N–H and O–H groups in total. The Morgan fingerprint density at radius 3 is 2.47 bits per heavy atom. The molecular formula is C25H30N2O3. The standard InChI is InChI=1S/C25H30N2O3/c1-5-6-12-22(28)27-23(24(29)30-4)25(2,3)16-18-13-14-21(20(15-18)17-26)19-10-8-7-9-11-19/h7-11,13-15,23H,5-6,12,16H2,1-4H3,(H,27,28)/t23-/m1/s1. The largest absolute Gasteiger partial charge is 0.467 e. The number of benzene rings is 2. The summed E-state index contributed by atoms with van der Waals surface area (Å²) in [5.74, 6) is -0.622. The molecule has 30 heavy (non-hydrogen) atoms. The Kier molecular flexibility index (Phi) is 8.17. The number of carbonyl (C=O) groups is 2. The van der Waals surface area contributed by atoms with Gasteiger partial charge in [0.2, 0.25) is 5.91 Å². The minimum Gasteiger partial charge on any atom is -0.467 e. The van der Waals surface area contributed by atoms with Crippen molar-refractivity contribution in [3.63, 3.8) is 0 Å². The first-order chi connectivity index (χ1) is 14.3. The molecule has 0 radical (unpaired) electrons. The maximum absolute atomic E-state index is 12.4. The van der Waals surface area contributed by atoms with Crippen LogP contribution in [0.3, 0.4) is 0 Å². The Morgan fingerprint density at radius 2 is 1.87 bits per heavy atom. The van der Waals surface area contributed by atoms with E-state index in [1.807, 2.05) is 69.3 Å². The Morgan fingerprint density at radius 1 is 1.17 bits per heavy atom. The first kappa shape index (κ1) is 23.2. The number of nitrogens with zero attached hydrogens (tertiary/aromatic N) is 1. The molecule has 0 heterocycles. The molecule has 1 amide bonds. The van der Waals surface area contributed by atoms with Gasteiger partial charge < -0.3 is 10.1 Å². The molecule has 5 heteroatoms. The Bertz CT molecular complexity index is 914. The average Bonchev–Trinajstić information content (AvgIpc) is 2.75. The zero-order valence-electron chi connectivity index (χ0n) is 18.2. The number of amides is 1. The number of hydrogen-bond acceptors (Lipinski definition) is 4. The predicted octanol–water partition coefficient (Wildman–Crippen LogP) is 4.64. The van der Waals surface area contributed by atoms with Gasteiger partial charge in [-0.15, -0.1) is 0 Å². The molecule has 2 rings (SSSR count). The van der Waals surface area contributed by atoms with E-state index < -0.39 is 17.4 Å². The summed E-state index contributed by atoms with van der Waals surface area (Å²) in [6.07, 6.45) is 2.56. The molecule has 2 aromatic carbocycles. The molecule has 158 valence electrons. The Labute approximate surface area is 179 Å². The molecule has 0 aromatic heterocycles. The van der Waals surface area contributed by atoms with Crippen LogP contribution in [-0.2, 0) is 20.7 Å². The minimum absolute atomic E-state index is 0.155. The van der Waals surface area contributed by atoms with Gasteiger partial charge in [0.15, 0.2) is 0 Å². The molecule has 0 aliphatic heterocycles. The summed E-state index contributed by atoms with van der Waals surface area (Å²) in [6, 6.07) is 17.0. The molecule has 0 fully saturated rings. The molecule has 0 spiro atoms. The Balaban J connectivity index is 2.27. The maximum atomic E-state index is 12.4. The van der Waals surface area contributed by atoms with Gasteiger partial charge in [-0.1, -0.05) is 69.7 Å². The molecule has 1 atom stereocenters. The lowest BCUT2D eigenvalue weighted by molar-refractivity contribution is -0.148. The molecule has 5 nitrogen and oxygen atoms in total. The second-order valence-electron chi connectivity index (χ2n) is 8.15. The second-order valence-corrected chi connectivity index (χ2v) is 8.15. The first-order valence-corrected chi connectivity index (χ1v) is 10.3. The lowest BCUT2D eigenvalue weighted by Crippen LogP contribution is -2.51. The number of esters is 1. The van der Waals surface area contributed by atoms with E-state index in [0.717, 1.165) is 29.5 Å². The number of unbranched alkanes of at least 4 members (excludes halogenated alkanes) is 1. The van der Waals surface area contributed by atoms with Crippen molar-refractivity contribution in [2.45, 2.75) is 52.5 Å². The van der Waals surface area contributed by atoms with Crippen molar-refractivity contribution in [3.8, 4) is 17.2 Å². The fraction of sp³-hybridized carbons (Fsp3) is 0.400. The van der Waals surface area contributed by atoms with E-state index in [1.165, 1.54) is 7.11 Å². The van der Waals surface area contributed by atoms with Crippen LogP contribution in [0.15, 0.2) is 48.5 Å². The predicted molar refractivity (Wildman–Crippen MR) is 118 cm³/mol. The van der Waals surface area contributed by atoms with Gasteiger partial charge in [-0.05, 0) is 41.0 Å². The number of carbonyl (C=O) groups excluding carboxylic acids is 2. The topological polar surface area (TPSA) is 79.2 Å². The molecule has 0 unspecified atom stereocenters. The summed E-state index contributed by atoms with van der Waals surface area (Å²) < 4.78 is 4.96. The third-order valence-electron chi connectivity index (χ3n) is 5.23. The average molecular weight is 407 g/mol. The maximum Gasteiger partial charge on any atom is 0.328 e. The normalized spacial score (nSPS) is 12.0. The van der Waals surface area contributed by atoms with Gasteiger partial charge in [0, 0.05) is 6.42 Å².